The lowest BCUT2D eigenvalue weighted by molar-refractivity contribution is 0.246. The molecule has 0 bridgehead atoms. The van der Waals surface area contributed by atoms with Gasteiger partial charge in [0, 0.05) is 11.8 Å². The summed E-state index contributed by atoms with van der Waals surface area (Å²) in [5.74, 6) is 1.32. The van der Waals surface area contributed by atoms with Crippen LogP contribution in [0.1, 0.15) is 46.5 Å². The van der Waals surface area contributed by atoms with Crippen molar-refractivity contribution in [3.8, 4) is 0 Å². The molecule has 1 spiro atoms. The van der Waals surface area contributed by atoms with E-state index in [1.54, 1.807) is 0 Å². The molecule has 2 heteroatoms. The van der Waals surface area contributed by atoms with Crippen LogP contribution in [0.15, 0.2) is 0 Å². The van der Waals surface area contributed by atoms with Gasteiger partial charge in [0.05, 0.1) is 4.87 Å². The highest BCUT2D eigenvalue weighted by Crippen LogP contribution is 2.55. The first-order chi connectivity index (χ1) is 6.10. The van der Waals surface area contributed by atoms with Crippen molar-refractivity contribution in [1.29, 1.82) is 0 Å². The SMILES string of the molecule is CCC1CSC2(CCCC2(C)C)N1. The van der Waals surface area contributed by atoms with Gasteiger partial charge < -0.3 is 0 Å². The third-order valence-corrected chi connectivity index (χ3v) is 5.82. The maximum atomic E-state index is 3.87. The second kappa shape index (κ2) is 3.16. The minimum Gasteiger partial charge on any atom is -0.299 e. The smallest absolute Gasteiger partial charge is 0.0699 e. The summed E-state index contributed by atoms with van der Waals surface area (Å²) in [4.78, 5) is 0.424. The van der Waals surface area contributed by atoms with E-state index in [9.17, 15) is 0 Å². The predicted molar refractivity (Wildman–Crippen MR) is 60.0 cm³/mol. The largest absolute Gasteiger partial charge is 0.299 e. The number of thioether (sulfide) groups is 1. The third kappa shape index (κ3) is 1.42. The molecule has 0 radical (unpaired) electrons. The van der Waals surface area contributed by atoms with Crippen LogP contribution in [-0.4, -0.2) is 16.7 Å². The summed E-state index contributed by atoms with van der Waals surface area (Å²) in [7, 11) is 0. The fraction of sp³-hybridized carbons (Fsp3) is 1.00. The molecule has 2 rings (SSSR count). The van der Waals surface area contributed by atoms with Gasteiger partial charge in [0.15, 0.2) is 0 Å². The molecular formula is C11H21NS. The maximum Gasteiger partial charge on any atom is 0.0699 e. The first kappa shape index (κ1) is 9.85. The summed E-state index contributed by atoms with van der Waals surface area (Å²) >= 11 is 2.18. The summed E-state index contributed by atoms with van der Waals surface area (Å²) < 4.78 is 0. The van der Waals surface area contributed by atoms with Gasteiger partial charge >= 0.3 is 0 Å². The summed E-state index contributed by atoms with van der Waals surface area (Å²) in [5, 5.41) is 3.87. The monoisotopic (exact) mass is 199 g/mol. The predicted octanol–water partition coefficient (Wildman–Crippen LogP) is 3.01. The molecule has 1 saturated carbocycles. The molecular weight excluding hydrogens is 178 g/mol. The second-order valence-corrected chi connectivity index (χ2v) is 6.44. The van der Waals surface area contributed by atoms with Crippen LogP contribution in [0.25, 0.3) is 0 Å². The van der Waals surface area contributed by atoms with E-state index in [-0.39, 0.29) is 0 Å². The van der Waals surface area contributed by atoms with Crippen LogP contribution in [0.2, 0.25) is 0 Å². The lowest BCUT2D eigenvalue weighted by Gasteiger charge is -2.38. The zero-order chi connectivity index (χ0) is 9.53. The molecule has 0 aromatic heterocycles. The van der Waals surface area contributed by atoms with Crippen LogP contribution in [-0.2, 0) is 0 Å². The molecule has 1 aliphatic carbocycles. The van der Waals surface area contributed by atoms with Gasteiger partial charge in [-0.15, -0.1) is 11.8 Å². The Morgan fingerprint density at radius 3 is 2.62 bits per heavy atom. The van der Waals surface area contributed by atoms with Crippen LogP contribution in [0, 0.1) is 5.41 Å². The van der Waals surface area contributed by atoms with E-state index in [1.807, 2.05) is 0 Å². The molecule has 1 heterocycles. The standard InChI is InChI=1S/C11H21NS/c1-4-9-8-13-11(12-9)7-5-6-10(11,2)3/h9,12H,4-8H2,1-3H3. The second-order valence-electron chi connectivity index (χ2n) is 5.12. The molecule has 1 N–H and O–H groups in total. The minimum absolute atomic E-state index is 0.424. The molecule has 2 atom stereocenters. The number of hydrogen-bond donors (Lipinski definition) is 1. The van der Waals surface area contributed by atoms with Crippen LogP contribution in [0.3, 0.4) is 0 Å². The van der Waals surface area contributed by atoms with E-state index in [1.165, 1.54) is 31.4 Å². The van der Waals surface area contributed by atoms with Gasteiger partial charge in [-0.25, -0.2) is 0 Å². The van der Waals surface area contributed by atoms with Crippen molar-refractivity contribution in [1.82, 2.24) is 5.32 Å². The number of nitrogens with one attached hydrogen (secondary N) is 1. The molecule has 1 aliphatic heterocycles. The topological polar surface area (TPSA) is 12.0 Å². The van der Waals surface area contributed by atoms with E-state index in [2.05, 4.69) is 37.8 Å². The van der Waals surface area contributed by atoms with E-state index in [0.717, 1.165) is 6.04 Å². The highest BCUT2D eigenvalue weighted by Gasteiger charge is 2.52. The molecule has 0 amide bonds. The van der Waals surface area contributed by atoms with Crippen molar-refractivity contribution in [3.63, 3.8) is 0 Å². The van der Waals surface area contributed by atoms with Gasteiger partial charge in [0.1, 0.15) is 0 Å². The Labute approximate surface area is 86.0 Å². The van der Waals surface area contributed by atoms with Crippen molar-refractivity contribution in [2.24, 2.45) is 5.41 Å². The van der Waals surface area contributed by atoms with Gasteiger partial charge in [-0.3, -0.25) is 5.32 Å². The quantitative estimate of drug-likeness (QED) is 0.697. The van der Waals surface area contributed by atoms with E-state index >= 15 is 0 Å². The zero-order valence-electron chi connectivity index (χ0n) is 9.02. The Balaban J connectivity index is 2.13. The van der Waals surface area contributed by atoms with Gasteiger partial charge in [-0.1, -0.05) is 27.2 Å². The molecule has 13 heavy (non-hydrogen) atoms. The van der Waals surface area contributed by atoms with Crippen LogP contribution in [0.4, 0.5) is 0 Å². The van der Waals surface area contributed by atoms with Gasteiger partial charge in [0.2, 0.25) is 0 Å². The molecule has 1 saturated heterocycles. The molecule has 2 aliphatic rings. The van der Waals surface area contributed by atoms with E-state index < -0.39 is 0 Å². The number of rotatable bonds is 1. The third-order valence-electron chi connectivity index (χ3n) is 3.88. The van der Waals surface area contributed by atoms with Crippen LogP contribution in [0.5, 0.6) is 0 Å². The van der Waals surface area contributed by atoms with Crippen molar-refractivity contribution in [2.75, 3.05) is 5.75 Å². The maximum absolute atomic E-state index is 3.87. The van der Waals surface area contributed by atoms with Crippen LogP contribution < -0.4 is 5.32 Å². The molecule has 0 aromatic rings. The summed E-state index contributed by atoms with van der Waals surface area (Å²) in [6.07, 6.45) is 5.46. The summed E-state index contributed by atoms with van der Waals surface area (Å²) in [5.41, 5.74) is 0.502. The fourth-order valence-corrected chi connectivity index (χ4v) is 4.57. The molecule has 2 fully saturated rings. The van der Waals surface area contributed by atoms with Crippen molar-refractivity contribution < 1.29 is 0 Å². The van der Waals surface area contributed by atoms with E-state index in [4.69, 9.17) is 0 Å². The van der Waals surface area contributed by atoms with Crippen molar-refractivity contribution in [3.05, 3.63) is 0 Å². The average molecular weight is 199 g/mol. The van der Waals surface area contributed by atoms with Crippen molar-refractivity contribution >= 4 is 11.8 Å². The Kier molecular flexibility index (Phi) is 2.40. The van der Waals surface area contributed by atoms with Crippen LogP contribution >= 0.6 is 11.8 Å². The zero-order valence-corrected chi connectivity index (χ0v) is 9.84. The average Bonchev–Trinajstić information content (AvgIpc) is 2.60. The summed E-state index contributed by atoms with van der Waals surface area (Å²) in [6, 6.07) is 0.766. The van der Waals surface area contributed by atoms with E-state index in [0.29, 0.717) is 10.3 Å². The van der Waals surface area contributed by atoms with Gasteiger partial charge in [0.25, 0.3) is 0 Å². The fourth-order valence-electron chi connectivity index (χ4n) is 2.73. The first-order valence-electron chi connectivity index (χ1n) is 5.51. The Morgan fingerprint density at radius 2 is 2.15 bits per heavy atom. The Hall–Kier alpha value is 0.310. The Bertz CT molecular complexity index is 202. The first-order valence-corrected chi connectivity index (χ1v) is 6.50. The van der Waals surface area contributed by atoms with Crippen molar-refractivity contribution in [2.45, 2.75) is 57.4 Å². The molecule has 2 unspecified atom stereocenters. The molecule has 76 valence electrons. The van der Waals surface area contributed by atoms with Gasteiger partial charge in [-0.05, 0) is 24.7 Å². The highest BCUT2D eigenvalue weighted by atomic mass is 32.2. The molecule has 1 nitrogen and oxygen atoms in total. The lowest BCUT2D eigenvalue weighted by atomic mass is 9.86. The lowest BCUT2D eigenvalue weighted by Crippen LogP contribution is -2.48. The minimum atomic E-state index is 0.424. The summed E-state index contributed by atoms with van der Waals surface area (Å²) in [6.45, 7) is 7.15. The molecule has 0 aromatic carbocycles. The Morgan fingerprint density at radius 1 is 1.38 bits per heavy atom. The normalized spacial score (nSPS) is 43.2. The number of hydrogen-bond acceptors (Lipinski definition) is 2. The highest BCUT2D eigenvalue weighted by molar-refractivity contribution is 8.01. The van der Waals surface area contributed by atoms with Gasteiger partial charge in [-0.2, -0.15) is 0 Å².